The molecule has 1 atom stereocenters. The summed E-state index contributed by atoms with van der Waals surface area (Å²) in [6.07, 6.45) is 0.0903. The quantitative estimate of drug-likeness (QED) is 0.407. The van der Waals surface area contributed by atoms with Gasteiger partial charge in [-0.3, -0.25) is 10.6 Å². The number of carboxylic acids is 1. The van der Waals surface area contributed by atoms with Gasteiger partial charge in [-0.05, 0) is 6.92 Å². The van der Waals surface area contributed by atoms with Crippen LogP contribution in [-0.2, 0) is 4.79 Å². The van der Waals surface area contributed by atoms with Crippen molar-refractivity contribution in [1.29, 1.82) is 0 Å². The van der Waals surface area contributed by atoms with Gasteiger partial charge in [0.2, 0.25) is 0 Å². The van der Waals surface area contributed by atoms with Crippen molar-refractivity contribution < 1.29 is 9.90 Å². The summed E-state index contributed by atoms with van der Waals surface area (Å²) in [4.78, 5) is 10.0. The van der Waals surface area contributed by atoms with E-state index in [4.69, 9.17) is 10.9 Å². The first-order valence-corrected chi connectivity index (χ1v) is 2.73. The predicted octanol–water partition coefficient (Wildman–Crippen LogP) is -0.345. The highest BCUT2D eigenvalue weighted by Gasteiger charge is 2.08. The van der Waals surface area contributed by atoms with Gasteiger partial charge < -0.3 is 5.11 Å². The van der Waals surface area contributed by atoms with Crippen molar-refractivity contribution in [3.05, 3.63) is 0 Å². The topological polar surface area (TPSA) is 66.6 Å². The van der Waals surface area contributed by atoms with E-state index in [0.717, 1.165) is 0 Å². The van der Waals surface area contributed by atoms with Crippen LogP contribution in [0.25, 0.3) is 0 Å². The van der Waals surface area contributed by atoms with Crippen LogP contribution >= 0.6 is 0 Å². The van der Waals surface area contributed by atoms with Gasteiger partial charge in [0.05, 0.1) is 6.42 Å². The maximum absolute atomic E-state index is 10.0. The van der Waals surface area contributed by atoms with E-state index in [-0.39, 0.29) is 12.5 Å². The minimum atomic E-state index is -0.820. The molecule has 4 heteroatoms. The number of nitrogens with zero attached hydrogens (tertiary/aromatic N) is 1. The molecular weight excluding hydrogens is 120 g/mol. The molecular formula is C5H12N2O2. The fourth-order valence-corrected chi connectivity index (χ4v) is 0.397. The van der Waals surface area contributed by atoms with E-state index in [1.54, 1.807) is 14.0 Å². The summed E-state index contributed by atoms with van der Waals surface area (Å²) in [7, 11) is 1.65. The lowest BCUT2D eigenvalue weighted by Gasteiger charge is -2.16. The molecule has 0 rings (SSSR count). The molecule has 0 aliphatic carbocycles. The van der Waals surface area contributed by atoms with E-state index in [0.29, 0.717) is 0 Å². The fourth-order valence-electron chi connectivity index (χ4n) is 0.397. The zero-order valence-corrected chi connectivity index (χ0v) is 5.66. The molecule has 0 aliphatic heterocycles. The van der Waals surface area contributed by atoms with Crippen LogP contribution in [0.1, 0.15) is 13.3 Å². The number of hydrazine groups is 1. The molecule has 0 radical (unpaired) electrons. The zero-order valence-electron chi connectivity index (χ0n) is 5.66. The standard InChI is InChI=1S/C5H12N2O2/c1-4(7(2)6)3-5(8)9/h4H,3,6H2,1-2H3,(H,8,9). The number of nitrogens with two attached hydrogens (primary N) is 1. The van der Waals surface area contributed by atoms with E-state index in [1.807, 2.05) is 0 Å². The van der Waals surface area contributed by atoms with Gasteiger partial charge in [0.25, 0.3) is 0 Å². The highest BCUT2D eigenvalue weighted by Crippen LogP contribution is 1.94. The molecule has 0 amide bonds. The van der Waals surface area contributed by atoms with Crippen molar-refractivity contribution in [3.8, 4) is 0 Å². The minimum absolute atomic E-state index is 0.0903. The van der Waals surface area contributed by atoms with E-state index >= 15 is 0 Å². The number of hydrogen-bond acceptors (Lipinski definition) is 3. The van der Waals surface area contributed by atoms with Crippen molar-refractivity contribution in [3.63, 3.8) is 0 Å². The first kappa shape index (κ1) is 8.39. The van der Waals surface area contributed by atoms with Gasteiger partial charge in [0.1, 0.15) is 0 Å². The van der Waals surface area contributed by atoms with E-state index in [2.05, 4.69) is 0 Å². The van der Waals surface area contributed by atoms with Crippen molar-refractivity contribution in [2.45, 2.75) is 19.4 Å². The summed E-state index contributed by atoms with van der Waals surface area (Å²) < 4.78 is 0. The Hall–Kier alpha value is -0.610. The predicted molar refractivity (Wildman–Crippen MR) is 33.7 cm³/mol. The Morgan fingerprint density at radius 3 is 2.44 bits per heavy atom. The summed E-state index contributed by atoms with van der Waals surface area (Å²) in [5, 5.41) is 9.63. The molecule has 0 spiro atoms. The van der Waals surface area contributed by atoms with Gasteiger partial charge in [0.15, 0.2) is 0 Å². The molecule has 9 heavy (non-hydrogen) atoms. The molecule has 0 aliphatic rings. The monoisotopic (exact) mass is 132 g/mol. The number of carbonyl (C=O) groups is 1. The molecule has 0 saturated heterocycles. The Bertz CT molecular complexity index is 103. The summed E-state index contributed by atoms with van der Waals surface area (Å²) in [6.45, 7) is 1.76. The largest absolute Gasteiger partial charge is 0.481 e. The second-order valence-electron chi connectivity index (χ2n) is 2.11. The SMILES string of the molecule is CC(CC(=O)O)N(C)N. The van der Waals surface area contributed by atoms with Crippen LogP contribution in [0, 0.1) is 0 Å². The highest BCUT2D eigenvalue weighted by molar-refractivity contribution is 5.67. The third-order valence-corrected chi connectivity index (χ3v) is 1.17. The van der Waals surface area contributed by atoms with Crippen LogP contribution in [0.5, 0.6) is 0 Å². The first-order chi connectivity index (χ1) is 4.04. The average Bonchev–Trinajstić information content (AvgIpc) is 1.63. The first-order valence-electron chi connectivity index (χ1n) is 2.73. The van der Waals surface area contributed by atoms with E-state index < -0.39 is 5.97 Å². The maximum Gasteiger partial charge on any atom is 0.304 e. The molecule has 0 saturated carbocycles. The van der Waals surface area contributed by atoms with E-state index in [1.165, 1.54) is 5.01 Å². The summed E-state index contributed by atoms with van der Waals surface area (Å²) >= 11 is 0. The van der Waals surface area contributed by atoms with Gasteiger partial charge in [-0.25, -0.2) is 5.01 Å². The molecule has 4 nitrogen and oxygen atoms in total. The number of aliphatic carboxylic acids is 1. The van der Waals surface area contributed by atoms with Crippen LogP contribution in [0.4, 0.5) is 0 Å². The lowest BCUT2D eigenvalue weighted by atomic mass is 10.2. The Morgan fingerprint density at radius 2 is 2.33 bits per heavy atom. The Morgan fingerprint density at radius 1 is 1.89 bits per heavy atom. The molecule has 0 aromatic heterocycles. The van der Waals surface area contributed by atoms with Gasteiger partial charge in [-0.2, -0.15) is 0 Å². The summed E-state index contributed by atoms with van der Waals surface area (Å²) in [5.41, 5.74) is 0. The average molecular weight is 132 g/mol. The van der Waals surface area contributed by atoms with Crippen LogP contribution in [0.3, 0.4) is 0 Å². The van der Waals surface area contributed by atoms with Crippen molar-refractivity contribution >= 4 is 5.97 Å². The molecule has 1 unspecified atom stereocenters. The van der Waals surface area contributed by atoms with Crippen molar-refractivity contribution in [1.82, 2.24) is 5.01 Å². The second-order valence-corrected chi connectivity index (χ2v) is 2.11. The minimum Gasteiger partial charge on any atom is -0.481 e. The number of rotatable bonds is 3. The van der Waals surface area contributed by atoms with Crippen LogP contribution < -0.4 is 5.84 Å². The fraction of sp³-hybridized carbons (Fsp3) is 0.800. The van der Waals surface area contributed by atoms with E-state index in [9.17, 15) is 4.79 Å². The third kappa shape index (κ3) is 3.93. The molecule has 0 aromatic rings. The molecule has 54 valence electrons. The summed E-state index contributed by atoms with van der Waals surface area (Å²) in [6, 6.07) is -0.0949. The van der Waals surface area contributed by atoms with Gasteiger partial charge in [0, 0.05) is 13.1 Å². The maximum atomic E-state index is 10.0. The summed E-state index contributed by atoms with van der Waals surface area (Å²) in [5.74, 6) is 4.43. The Balaban J connectivity index is 3.50. The van der Waals surface area contributed by atoms with Crippen LogP contribution in [0.15, 0.2) is 0 Å². The Labute approximate surface area is 54.2 Å². The zero-order chi connectivity index (χ0) is 7.44. The lowest BCUT2D eigenvalue weighted by Crippen LogP contribution is -2.36. The second kappa shape index (κ2) is 3.42. The molecule has 0 heterocycles. The van der Waals surface area contributed by atoms with Crippen molar-refractivity contribution in [2.24, 2.45) is 5.84 Å². The van der Waals surface area contributed by atoms with Crippen LogP contribution in [-0.4, -0.2) is 29.2 Å². The Kier molecular flexibility index (Phi) is 3.19. The van der Waals surface area contributed by atoms with Crippen LogP contribution in [0.2, 0.25) is 0 Å². The smallest absolute Gasteiger partial charge is 0.304 e. The normalized spacial score (nSPS) is 13.8. The number of hydrogen-bond donors (Lipinski definition) is 2. The van der Waals surface area contributed by atoms with Crippen molar-refractivity contribution in [2.75, 3.05) is 7.05 Å². The third-order valence-electron chi connectivity index (χ3n) is 1.17. The van der Waals surface area contributed by atoms with Gasteiger partial charge >= 0.3 is 5.97 Å². The highest BCUT2D eigenvalue weighted by atomic mass is 16.4. The lowest BCUT2D eigenvalue weighted by molar-refractivity contribution is -0.138. The molecule has 0 aromatic carbocycles. The number of carboxylic acid groups (broad SMARTS) is 1. The molecule has 0 bridgehead atoms. The van der Waals surface area contributed by atoms with Gasteiger partial charge in [-0.15, -0.1) is 0 Å². The van der Waals surface area contributed by atoms with Gasteiger partial charge in [-0.1, -0.05) is 0 Å². The molecule has 3 N–H and O–H groups in total. The molecule has 0 fully saturated rings.